The van der Waals surface area contributed by atoms with Crippen molar-refractivity contribution in [2.24, 2.45) is 0 Å². The minimum atomic E-state index is -0.0139. The molecule has 0 saturated carbocycles. The predicted octanol–water partition coefficient (Wildman–Crippen LogP) is 0.753. The second-order valence-electron chi connectivity index (χ2n) is 5.33. The lowest BCUT2D eigenvalue weighted by Gasteiger charge is -2.43. The normalized spacial score (nSPS) is 33.2. The Morgan fingerprint density at radius 2 is 1.94 bits per heavy atom. The Bertz CT molecular complexity index is 307. The van der Waals surface area contributed by atoms with Crippen LogP contribution in [0, 0.1) is 0 Å². The minimum Gasteiger partial charge on any atom is -0.316 e. The molecule has 3 rings (SSSR count). The zero-order chi connectivity index (χ0) is 12.3. The SMILES string of the molecule is CC12CCN1CCC2=O.O=C1CCCNCC1. The molecule has 0 aromatic carbocycles. The molecule has 3 aliphatic heterocycles. The van der Waals surface area contributed by atoms with E-state index in [1.807, 2.05) is 0 Å². The average Bonchev–Trinajstić information content (AvgIpc) is 2.53. The predicted molar refractivity (Wildman–Crippen MR) is 65.9 cm³/mol. The second kappa shape index (κ2) is 5.27. The Hall–Kier alpha value is -0.740. The summed E-state index contributed by atoms with van der Waals surface area (Å²) in [7, 11) is 0. The van der Waals surface area contributed by atoms with E-state index in [0.717, 1.165) is 58.3 Å². The van der Waals surface area contributed by atoms with Gasteiger partial charge < -0.3 is 5.32 Å². The van der Waals surface area contributed by atoms with Crippen molar-refractivity contribution < 1.29 is 9.59 Å². The molecule has 0 bridgehead atoms. The number of ketones is 2. The summed E-state index contributed by atoms with van der Waals surface area (Å²) in [6.07, 6.45) is 4.42. The van der Waals surface area contributed by atoms with Gasteiger partial charge in [-0.3, -0.25) is 14.5 Å². The lowest BCUT2D eigenvalue weighted by Crippen LogP contribution is -2.56. The average molecular weight is 238 g/mol. The molecule has 17 heavy (non-hydrogen) atoms. The van der Waals surface area contributed by atoms with Gasteiger partial charge in [-0.15, -0.1) is 0 Å². The van der Waals surface area contributed by atoms with Crippen LogP contribution in [0.1, 0.15) is 39.0 Å². The third-order valence-corrected chi connectivity index (χ3v) is 4.17. The molecule has 4 nitrogen and oxygen atoms in total. The van der Waals surface area contributed by atoms with Gasteiger partial charge in [0.25, 0.3) is 0 Å². The van der Waals surface area contributed by atoms with E-state index in [-0.39, 0.29) is 5.54 Å². The van der Waals surface area contributed by atoms with E-state index < -0.39 is 0 Å². The Kier molecular flexibility index (Phi) is 3.94. The number of nitrogens with one attached hydrogen (secondary N) is 1. The number of rotatable bonds is 0. The quantitative estimate of drug-likeness (QED) is 0.676. The van der Waals surface area contributed by atoms with Gasteiger partial charge >= 0.3 is 0 Å². The van der Waals surface area contributed by atoms with Crippen LogP contribution in [-0.4, -0.2) is 48.2 Å². The highest BCUT2D eigenvalue weighted by atomic mass is 16.1. The van der Waals surface area contributed by atoms with Gasteiger partial charge in [-0.25, -0.2) is 0 Å². The van der Waals surface area contributed by atoms with Gasteiger partial charge in [-0.1, -0.05) is 0 Å². The van der Waals surface area contributed by atoms with Gasteiger partial charge in [0.1, 0.15) is 5.78 Å². The van der Waals surface area contributed by atoms with Crippen LogP contribution in [0.15, 0.2) is 0 Å². The number of hydrogen-bond acceptors (Lipinski definition) is 4. The summed E-state index contributed by atoms with van der Waals surface area (Å²) < 4.78 is 0. The lowest BCUT2D eigenvalue weighted by atomic mass is 9.86. The van der Waals surface area contributed by atoms with Crippen LogP contribution in [0.4, 0.5) is 0 Å². The van der Waals surface area contributed by atoms with E-state index in [1.54, 1.807) is 0 Å². The van der Waals surface area contributed by atoms with E-state index in [4.69, 9.17) is 0 Å². The van der Waals surface area contributed by atoms with Crippen molar-refractivity contribution in [2.75, 3.05) is 26.2 Å². The molecule has 3 heterocycles. The van der Waals surface area contributed by atoms with Crippen LogP contribution in [0.5, 0.6) is 0 Å². The molecule has 96 valence electrons. The smallest absolute Gasteiger partial charge is 0.154 e. The summed E-state index contributed by atoms with van der Waals surface area (Å²) in [6, 6.07) is 0. The molecule has 3 fully saturated rings. The first kappa shape index (κ1) is 12.7. The standard InChI is InChI=1S/C7H11NO.C6H11NO/c1-7-3-5-8(7)4-2-6(7)9;8-6-2-1-4-7-5-3-6/h2-5H2,1H3;7H,1-5H2. The van der Waals surface area contributed by atoms with Crippen molar-refractivity contribution in [1.82, 2.24) is 10.2 Å². The Morgan fingerprint density at radius 1 is 1.12 bits per heavy atom. The maximum Gasteiger partial charge on any atom is 0.154 e. The van der Waals surface area contributed by atoms with E-state index in [1.165, 1.54) is 0 Å². The number of nitrogens with zero attached hydrogens (tertiary/aromatic N) is 1. The molecular formula is C13H22N2O2. The van der Waals surface area contributed by atoms with E-state index in [2.05, 4.69) is 17.1 Å². The zero-order valence-corrected chi connectivity index (χ0v) is 10.6. The van der Waals surface area contributed by atoms with E-state index >= 15 is 0 Å². The summed E-state index contributed by atoms with van der Waals surface area (Å²) in [4.78, 5) is 24.0. The highest BCUT2D eigenvalue weighted by Crippen LogP contribution is 2.36. The molecule has 0 aromatic heterocycles. The van der Waals surface area contributed by atoms with Crippen molar-refractivity contribution in [1.29, 1.82) is 0 Å². The van der Waals surface area contributed by atoms with E-state index in [0.29, 0.717) is 11.6 Å². The van der Waals surface area contributed by atoms with Gasteiger partial charge in [0, 0.05) is 38.9 Å². The van der Waals surface area contributed by atoms with Crippen molar-refractivity contribution in [2.45, 2.75) is 44.6 Å². The Balaban J connectivity index is 0.000000128. The summed E-state index contributed by atoms with van der Waals surface area (Å²) in [5.74, 6) is 0.865. The van der Waals surface area contributed by atoms with Crippen molar-refractivity contribution in [3.8, 4) is 0 Å². The molecule has 0 amide bonds. The van der Waals surface area contributed by atoms with Gasteiger partial charge in [-0.2, -0.15) is 0 Å². The molecule has 1 unspecified atom stereocenters. The highest BCUT2D eigenvalue weighted by molar-refractivity contribution is 5.91. The molecule has 1 N–H and O–H groups in total. The molecule has 1 atom stereocenters. The molecule has 0 radical (unpaired) electrons. The van der Waals surface area contributed by atoms with Crippen molar-refractivity contribution >= 4 is 11.6 Å². The fourth-order valence-corrected chi connectivity index (χ4v) is 2.67. The van der Waals surface area contributed by atoms with Crippen LogP contribution >= 0.6 is 0 Å². The molecule has 3 saturated heterocycles. The van der Waals surface area contributed by atoms with Crippen molar-refractivity contribution in [3.05, 3.63) is 0 Å². The topological polar surface area (TPSA) is 49.4 Å². The van der Waals surface area contributed by atoms with Crippen LogP contribution in [-0.2, 0) is 9.59 Å². The molecule has 0 spiro atoms. The molecular weight excluding hydrogens is 216 g/mol. The summed E-state index contributed by atoms with van der Waals surface area (Å²) >= 11 is 0. The molecule has 3 aliphatic rings. The van der Waals surface area contributed by atoms with Crippen LogP contribution in [0.3, 0.4) is 0 Å². The fraction of sp³-hybridized carbons (Fsp3) is 0.846. The maximum absolute atomic E-state index is 11.1. The molecule has 0 aliphatic carbocycles. The van der Waals surface area contributed by atoms with Crippen molar-refractivity contribution in [3.63, 3.8) is 0 Å². The third kappa shape index (κ3) is 2.75. The molecule has 4 heteroatoms. The number of hydrogen-bond donors (Lipinski definition) is 1. The second-order valence-corrected chi connectivity index (χ2v) is 5.33. The summed E-state index contributed by atoms with van der Waals surface area (Å²) in [5.41, 5.74) is -0.0139. The first-order chi connectivity index (χ1) is 8.13. The maximum atomic E-state index is 11.1. The lowest BCUT2D eigenvalue weighted by molar-refractivity contribution is -0.129. The van der Waals surface area contributed by atoms with Crippen LogP contribution < -0.4 is 5.32 Å². The van der Waals surface area contributed by atoms with Gasteiger partial charge in [-0.05, 0) is 26.3 Å². The first-order valence-electron chi connectivity index (χ1n) is 6.64. The first-order valence-corrected chi connectivity index (χ1v) is 6.64. The van der Waals surface area contributed by atoms with Gasteiger partial charge in [0.15, 0.2) is 5.78 Å². The van der Waals surface area contributed by atoms with Crippen LogP contribution in [0.2, 0.25) is 0 Å². The van der Waals surface area contributed by atoms with Gasteiger partial charge in [0.2, 0.25) is 0 Å². The Morgan fingerprint density at radius 3 is 2.47 bits per heavy atom. The van der Waals surface area contributed by atoms with Gasteiger partial charge in [0.05, 0.1) is 5.54 Å². The summed E-state index contributed by atoms with van der Waals surface area (Å²) in [5, 5.41) is 3.16. The molecule has 0 aromatic rings. The van der Waals surface area contributed by atoms with E-state index in [9.17, 15) is 9.59 Å². The Labute approximate surface area is 103 Å². The van der Waals surface area contributed by atoms with Crippen LogP contribution in [0.25, 0.3) is 0 Å². The monoisotopic (exact) mass is 238 g/mol. The zero-order valence-electron chi connectivity index (χ0n) is 10.6. The number of fused-ring (bicyclic) bond motifs is 1. The highest BCUT2D eigenvalue weighted by Gasteiger charge is 2.50. The third-order valence-electron chi connectivity index (χ3n) is 4.17. The number of carbonyl (C=O) groups is 2. The number of carbonyl (C=O) groups excluding carboxylic acids is 2. The summed E-state index contributed by atoms with van der Waals surface area (Å²) in [6.45, 7) is 6.12. The largest absolute Gasteiger partial charge is 0.316 e. The fourth-order valence-electron chi connectivity index (χ4n) is 2.67. The minimum absolute atomic E-state index is 0.0139. The number of Topliss-reactive ketones (excluding diaryl/α,β-unsaturated/α-hetero) is 2.